The van der Waals surface area contributed by atoms with E-state index in [1.807, 2.05) is 42.5 Å². The summed E-state index contributed by atoms with van der Waals surface area (Å²) < 4.78 is 5.67. The van der Waals surface area contributed by atoms with Gasteiger partial charge in [0.05, 0.1) is 0 Å². The van der Waals surface area contributed by atoms with E-state index in [1.165, 1.54) is 0 Å². The Morgan fingerprint density at radius 3 is 2.59 bits per heavy atom. The molecule has 0 spiro atoms. The number of hydrogen-bond acceptors (Lipinski definition) is 3. The summed E-state index contributed by atoms with van der Waals surface area (Å²) in [6, 6.07) is 13.9. The van der Waals surface area contributed by atoms with E-state index >= 15 is 0 Å². The molecule has 4 heteroatoms. The molecule has 4 nitrogen and oxygen atoms in total. The van der Waals surface area contributed by atoms with Gasteiger partial charge < -0.3 is 15.0 Å². The maximum atomic E-state index is 11.9. The van der Waals surface area contributed by atoms with Crippen LogP contribution in [0.4, 0.5) is 0 Å². The molecule has 1 amide bonds. The summed E-state index contributed by atoms with van der Waals surface area (Å²) in [5.41, 5.74) is 0. The van der Waals surface area contributed by atoms with Gasteiger partial charge in [-0.2, -0.15) is 0 Å². The summed E-state index contributed by atoms with van der Waals surface area (Å²) in [4.78, 5) is 14.1. The van der Waals surface area contributed by atoms with Crippen molar-refractivity contribution >= 4 is 16.7 Å². The molecule has 0 aromatic heterocycles. The molecule has 118 valence electrons. The van der Waals surface area contributed by atoms with Crippen molar-refractivity contribution in [2.75, 3.05) is 32.8 Å². The molecule has 22 heavy (non-hydrogen) atoms. The van der Waals surface area contributed by atoms with Crippen LogP contribution in [0, 0.1) is 0 Å². The number of nitrogens with one attached hydrogen (secondary N) is 1. The third kappa shape index (κ3) is 4.46. The Balaban J connectivity index is 1.83. The third-order valence-electron chi connectivity index (χ3n) is 3.75. The number of benzene rings is 2. The lowest BCUT2D eigenvalue weighted by atomic mass is 10.1. The van der Waals surface area contributed by atoms with Crippen LogP contribution in [0.15, 0.2) is 42.5 Å². The summed E-state index contributed by atoms with van der Waals surface area (Å²) in [5.74, 6) is 0.664. The van der Waals surface area contributed by atoms with E-state index in [2.05, 4.69) is 24.1 Å². The monoisotopic (exact) mass is 300 g/mol. The maximum Gasteiger partial charge on any atom is 0.257 e. The molecular weight excluding hydrogens is 276 g/mol. The van der Waals surface area contributed by atoms with E-state index in [-0.39, 0.29) is 12.5 Å². The van der Waals surface area contributed by atoms with Gasteiger partial charge >= 0.3 is 0 Å². The molecule has 0 aliphatic heterocycles. The van der Waals surface area contributed by atoms with Crippen LogP contribution < -0.4 is 10.1 Å². The van der Waals surface area contributed by atoms with Crippen molar-refractivity contribution in [3.63, 3.8) is 0 Å². The van der Waals surface area contributed by atoms with Gasteiger partial charge in [-0.05, 0) is 24.5 Å². The Labute approximate surface area is 132 Å². The van der Waals surface area contributed by atoms with Gasteiger partial charge in [0.15, 0.2) is 6.61 Å². The topological polar surface area (TPSA) is 41.6 Å². The van der Waals surface area contributed by atoms with Crippen LogP contribution in [0.2, 0.25) is 0 Å². The summed E-state index contributed by atoms with van der Waals surface area (Å²) >= 11 is 0. The SMILES string of the molecule is CCN(CC)CCNC(=O)COc1cccc2ccccc12. The number of fused-ring (bicyclic) bond motifs is 1. The fourth-order valence-corrected chi connectivity index (χ4v) is 2.41. The minimum absolute atomic E-state index is 0.0479. The first-order chi connectivity index (χ1) is 10.7. The second-order valence-corrected chi connectivity index (χ2v) is 5.14. The van der Waals surface area contributed by atoms with Crippen LogP contribution in [-0.2, 0) is 4.79 Å². The number of rotatable bonds is 8. The minimum Gasteiger partial charge on any atom is -0.483 e. The number of carbonyl (C=O) groups excluding carboxylic acids is 1. The largest absolute Gasteiger partial charge is 0.483 e. The lowest BCUT2D eigenvalue weighted by Crippen LogP contribution is -2.36. The van der Waals surface area contributed by atoms with Crippen molar-refractivity contribution in [2.24, 2.45) is 0 Å². The maximum absolute atomic E-state index is 11.9. The van der Waals surface area contributed by atoms with Crippen molar-refractivity contribution in [1.29, 1.82) is 0 Å². The lowest BCUT2D eigenvalue weighted by molar-refractivity contribution is -0.123. The highest BCUT2D eigenvalue weighted by molar-refractivity contribution is 5.88. The van der Waals surface area contributed by atoms with Gasteiger partial charge in [0.1, 0.15) is 5.75 Å². The van der Waals surface area contributed by atoms with Crippen LogP contribution in [-0.4, -0.2) is 43.6 Å². The molecule has 0 saturated carbocycles. The molecule has 2 rings (SSSR count). The van der Waals surface area contributed by atoms with Gasteiger partial charge in [-0.3, -0.25) is 4.79 Å². The zero-order chi connectivity index (χ0) is 15.8. The molecule has 0 fully saturated rings. The third-order valence-corrected chi connectivity index (χ3v) is 3.75. The van der Waals surface area contributed by atoms with Crippen molar-refractivity contribution in [3.05, 3.63) is 42.5 Å². The van der Waals surface area contributed by atoms with Crippen LogP contribution in [0.1, 0.15) is 13.8 Å². The molecule has 2 aromatic carbocycles. The zero-order valence-electron chi connectivity index (χ0n) is 13.3. The highest BCUT2D eigenvalue weighted by Gasteiger charge is 2.06. The lowest BCUT2D eigenvalue weighted by Gasteiger charge is -2.18. The minimum atomic E-state index is -0.0832. The fraction of sp³-hybridized carbons (Fsp3) is 0.389. The van der Waals surface area contributed by atoms with E-state index in [4.69, 9.17) is 4.74 Å². The van der Waals surface area contributed by atoms with Gasteiger partial charge in [0.2, 0.25) is 0 Å². The Morgan fingerprint density at radius 1 is 1.09 bits per heavy atom. The van der Waals surface area contributed by atoms with Crippen molar-refractivity contribution < 1.29 is 9.53 Å². The first kappa shape index (κ1) is 16.3. The summed E-state index contributed by atoms with van der Waals surface area (Å²) in [5, 5.41) is 5.04. The Kier molecular flexibility index (Phi) is 6.22. The Hall–Kier alpha value is -2.07. The quantitative estimate of drug-likeness (QED) is 0.815. The molecule has 0 radical (unpaired) electrons. The van der Waals surface area contributed by atoms with Gasteiger partial charge in [-0.15, -0.1) is 0 Å². The molecule has 0 aliphatic carbocycles. The van der Waals surface area contributed by atoms with Gasteiger partial charge in [-0.25, -0.2) is 0 Å². The number of likely N-dealkylation sites (N-methyl/N-ethyl adjacent to an activating group) is 1. The molecule has 0 saturated heterocycles. The fourth-order valence-electron chi connectivity index (χ4n) is 2.41. The van der Waals surface area contributed by atoms with Crippen molar-refractivity contribution in [3.8, 4) is 5.75 Å². The number of carbonyl (C=O) groups is 1. The molecule has 0 bridgehead atoms. The van der Waals surface area contributed by atoms with Crippen molar-refractivity contribution in [1.82, 2.24) is 10.2 Å². The predicted octanol–water partition coefficient (Wildman–Crippen LogP) is 2.68. The van der Waals surface area contributed by atoms with E-state index in [1.54, 1.807) is 0 Å². The highest BCUT2D eigenvalue weighted by atomic mass is 16.5. The summed E-state index contributed by atoms with van der Waals surface area (Å²) in [7, 11) is 0. The molecule has 1 N–H and O–H groups in total. The van der Waals surface area contributed by atoms with E-state index in [0.29, 0.717) is 6.54 Å². The van der Waals surface area contributed by atoms with Gasteiger partial charge in [-0.1, -0.05) is 50.2 Å². The molecular formula is C18H24N2O2. The number of hydrogen-bond donors (Lipinski definition) is 1. The van der Waals surface area contributed by atoms with Gasteiger partial charge in [0, 0.05) is 18.5 Å². The molecule has 0 heterocycles. The highest BCUT2D eigenvalue weighted by Crippen LogP contribution is 2.24. The first-order valence-electron chi connectivity index (χ1n) is 7.84. The Bertz CT molecular complexity index is 604. The number of amides is 1. The zero-order valence-corrected chi connectivity index (χ0v) is 13.3. The smallest absolute Gasteiger partial charge is 0.257 e. The summed E-state index contributed by atoms with van der Waals surface area (Å²) in [6.07, 6.45) is 0. The average molecular weight is 300 g/mol. The van der Waals surface area contributed by atoms with E-state index in [0.717, 1.165) is 36.2 Å². The van der Waals surface area contributed by atoms with Gasteiger partial charge in [0.25, 0.3) is 5.91 Å². The average Bonchev–Trinajstić information content (AvgIpc) is 2.57. The summed E-state index contributed by atoms with van der Waals surface area (Å²) in [6.45, 7) is 7.81. The standard InChI is InChI=1S/C18H24N2O2/c1-3-20(4-2)13-12-19-18(21)14-22-17-11-7-9-15-8-5-6-10-16(15)17/h5-11H,3-4,12-14H2,1-2H3,(H,19,21). The second kappa shape index (κ2) is 8.39. The molecule has 0 atom stereocenters. The van der Waals surface area contributed by atoms with Crippen LogP contribution in [0.3, 0.4) is 0 Å². The van der Waals surface area contributed by atoms with Crippen molar-refractivity contribution in [2.45, 2.75) is 13.8 Å². The normalized spacial score (nSPS) is 10.9. The molecule has 0 aliphatic rings. The number of nitrogens with zero attached hydrogens (tertiary/aromatic N) is 1. The Morgan fingerprint density at radius 2 is 1.82 bits per heavy atom. The second-order valence-electron chi connectivity index (χ2n) is 5.14. The number of ether oxygens (including phenoxy) is 1. The van der Waals surface area contributed by atoms with Crippen LogP contribution in [0.5, 0.6) is 5.75 Å². The van der Waals surface area contributed by atoms with E-state index < -0.39 is 0 Å². The van der Waals surface area contributed by atoms with Crippen LogP contribution in [0.25, 0.3) is 10.8 Å². The van der Waals surface area contributed by atoms with E-state index in [9.17, 15) is 4.79 Å². The molecule has 2 aromatic rings. The molecule has 0 unspecified atom stereocenters. The first-order valence-corrected chi connectivity index (χ1v) is 7.84. The predicted molar refractivity (Wildman–Crippen MR) is 90.2 cm³/mol. The van der Waals surface area contributed by atoms with Crippen LogP contribution >= 0.6 is 0 Å².